The molecule has 1 aliphatic heterocycles. The zero-order valence-corrected chi connectivity index (χ0v) is 11.9. The summed E-state index contributed by atoms with van der Waals surface area (Å²) in [6.45, 7) is 3.47. The van der Waals surface area contributed by atoms with Crippen molar-refractivity contribution in [2.75, 3.05) is 23.7 Å². The molecule has 1 atom stereocenters. The first-order valence-corrected chi connectivity index (χ1v) is 6.60. The van der Waals surface area contributed by atoms with Crippen LogP contribution in [0.1, 0.15) is 13.3 Å². The van der Waals surface area contributed by atoms with Crippen LogP contribution >= 0.6 is 22.6 Å². The molecule has 0 saturated carbocycles. The van der Waals surface area contributed by atoms with Gasteiger partial charge in [-0.2, -0.15) is 0 Å². The molecule has 2 rings (SSSR count). The highest BCUT2D eigenvalue weighted by Gasteiger charge is 2.39. The number of carbonyl (C=O) groups is 1. The number of benzene rings is 1. The number of amides is 1. The first-order valence-electron chi connectivity index (χ1n) is 5.52. The van der Waals surface area contributed by atoms with Gasteiger partial charge in [0.2, 0.25) is 5.91 Å². The van der Waals surface area contributed by atoms with E-state index in [2.05, 4.69) is 27.5 Å². The summed E-state index contributed by atoms with van der Waals surface area (Å²) in [5.74, 6) is -0.217. The topological polar surface area (TPSA) is 72.4 Å². The molecule has 0 bridgehead atoms. The van der Waals surface area contributed by atoms with Crippen LogP contribution < -0.4 is 16.4 Å². The Morgan fingerprint density at radius 3 is 2.76 bits per heavy atom. The Labute approximate surface area is 114 Å². The van der Waals surface area contributed by atoms with Gasteiger partial charge in [0.1, 0.15) is 0 Å². The molecular weight excluding hydrogens is 329 g/mol. The first kappa shape index (κ1) is 12.5. The van der Waals surface area contributed by atoms with Crippen molar-refractivity contribution in [2.24, 2.45) is 11.1 Å². The van der Waals surface area contributed by atoms with Gasteiger partial charge in [0.15, 0.2) is 0 Å². The molecule has 1 fully saturated rings. The zero-order valence-electron chi connectivity index (χ0n) is 9.74. The number of hydrogen-bond donors (Lipinski definition) is 2. The molecular formula is C12H16IN3O. The van der Waals surface area contributed by atoms with Gasteiger partial charge in [0, 0.05) is 22.3 Å². The third kappa shape index (κ3) is 2.34. The summed E-state index contributed by atoms with van der Waals surface area (Å²) >= 11 is 2.27. The first-order chi connectivity index (χ1) is 7.92. The number of carbonyl (C=O) groups excluding carboxylic acids is 1. The Hall–Kier alpha value is -0.980. The van der Waals surface area contributed by atoms with Crippen molar-refractivity contribution < 1.29 is 4.79 Å². The van der Waals surface area contributed by atoms with Crippen LogP contribution in [0.25, 0.3) is 0 Å². The van der Waals surface area contributed by atoms with E-state index in [9.17, 15) is 4.79 Å². The fraction of sp³-hybridized carbons (Fsp3) is 0.417. The molecule has 92 valence electrons. The van der Waals surface area contributed by atoms with Crippen molar-refractivity contribution in [3.8, 4) is 0 Å². The van der Waals surface area contributed by atoms with Crippen molar-refractivity contribution in [3.05, 3.63) is 21.8 Å². The number of nitrogen functional groups attached to an aromatic ring is 1. The van der Waals surface area contributed by atoms with Crippen molar-refractivity contribution in [2.45, 2.75) is 13.3 Å². The molecule has 1 saturated heterocycles. The standard InChI is InChI=1S/C12H16IN3O/c1-12(11(15)17)4-5-16(7-12)10-3-2-8(14)6-9(10)13/h2-3,6H,4-5,7,14H2,1H3,(H2,15,17). The highest BCUT2D eigenvalue weighted by atomic mass is 127. The van der Waals surface area contributed by atoms with Gasteiger partial charge in [0.05, 0.1) is 11.1 Å². The van der Waals surface area contributed by atoms with Gasteiger partial charge in [-0.1, -0.05) is 0 Å². The average molecular weight is 345 g/mol. The minimum absolute atomic E-state index is 0.217. The highest BCUT2D eigenvalue weighted by molar-refractivity contribution is 14.1. The smallest absolute Gasteiger partial charge is 0.225 e. The molecule has 1 aromatic carbocycles. The van der Waals surface area contributed by atoms with E-state index in [-0.39, 0.29) is 5.91 Å². The van der Waals surface area contributed by atoms with Gasteiger partial charge in [-0.3, -0.25) is 4.79 Å². The number of anilines is 2. The molecule has 0 aliphatic carbocycles. The monoisotopic (exact) mass is 345 g/mol. The van der Waals surface area contributed by atoms with Crippen LogP contribution in [-0.4, -0.2) is 19.0 Å². The predicted octanol–water partition coefficient (Wildman–Crippen LogP) is 1.58. The van der Waals surface area contributed by atoms with Gasteiger partial charge in [0.25, 0.3) is 0 Å². The Morgan fingerprint density at radius 2 is 2.24 bits per heavy atom. The molecule has 0 radical (unpaired) electrons. The Kier molecular flexibility index (Phi) is 3.20. The molecule has 0 aromatic heterocycles. The number of hydrogen-bond acceptors (Lipinski definition) is 3. The van der Waals surface area contributed by atoms with E-state index in [1.54, 1.807) is 0 Å². The largest absolute Gasteiger partial charge is 0.399 e. The zero-order chi connectivity index (χ0) is 12.6. The summed E-state index contributed by atoms with van der Waals surface area (Å²) in [4.78, 5) is 13.6. The molecule has 1 aromatic rings. The summed E-state index contributed by atoms with van der Waals surface area (Å²) in [6.07, 6.45) is 0.808. The lowest BCUT2D eigenvalue weighted by Gasteiger charge is -2.23. The van der Waals surface area contributed by atoms with E-state index in [1.165, 1.54) is 0 Å². The van der Waals surface area contributed by atoms with E-state index in [1.807, 2.05) is 25.1 Å². The van der Waals surface area contributed by atoms with Gasteiger partial charge < -0.3 is 16.4 Å². The summed E-state index contributed by atoms with van der Waals surface area (Å²) < 4.78 is 1.11. The Morgan fingerprint density at radius 1 is 1.53 bits per heavy atom. The van der Waals surface area contributed by atoms with Gasteiger partial charge in [-0.05, 0) is 54.1 Å². The van der Waals surface area contributed by atoms with Crippen molar-refractivity contribution in [1.82, 2.24) is 0 Å². The van der Waals surface area contributed by atoms with Crippen LogP contribution in [0, 0.1) is 8.99 Å². The van der Waals surface area contributed by atoms with E-state index in [0.29, 0.717) is 6.54 Å². The minimum Gasteiger partial charge on any atom is -0.399 e. The number of rotatable bonds is 2. The third-order valence-corrected chi connectivity index (χ3v) is 4.24. The van der Waals surface area contributed by atoms with Gasteiger partial charge >= 0.3 is 0 Å². The van der Waals surface area contributed by atoms with Crippen LogP contribution in [0.3, 0.4) is 0 Å². The number of nitrogens with two attached hydrogens (primary N) is 2. The van der Waals surface area contributed by atoms with Gasteiger partial charge in [-0.25, -0.2) is 0 Å². The summed E-state index contributed by atoms with van der Waals surface area (Å²) in [5, 5.41) is 0. The summed E-state index contributed by atoms with van der Waals surface area (Å²) in [5.41, 5.74) is 12.7. The van der Waals surface area contributed by atoms with E-state index >= 15 is 0 Å². The lowest BCUT2D eigenvalue weighted by atomic mass is 9.89. The normalized spacial score (nSPS) is 24.0. The van der Waals surface area contributed by atoms with E-state index in [0.717, 1.165) is 27.9 Å². The number of nitrogens with zero attached hydrogens (tertiary/aromatic N) is 1. The van der Waals surface area contributed by atoms with Crippen LogP contribution in [0.2, 0.25) is 0 Å². The molecule has 17 heavy (non-hydrogen) atoms. The van der Waals surface area contributed by atoms with Gasteiger partial charge in [-0.15, -0.1) is 0 Å². The maximum atomic E-state index is 11.4. The summed E-state index contributed by atoms with van der Waals surface area (Å²) in [6, 6.07) is 5.83. The third-order valence-electron chi connectivity index (χ3n) is 3.38. The Balaban J connectivity index is 2.24. The predicted molar refractivity (Wildman–Crippen MR) is 77.7 cm³/mol. The maximum Gasteiger partial charge on any atom is 0.225 e. The van der Waals surface area contributed by atoms with Crippen molar-refractivity contribution in [3.63, 3.8) is 0 Å². The van der Waals surface area contributed by atoms with E-state index in [4.69, 9.17) is 11.5 Å². The maximum absolute atomic E-state index is 11.4. The van der Waals surface area contributed by atoms with Crippen LogP contribution in [-0.2, 0) is 4.79 Å². The molecule has 1 amide bonds. The fourth-order valence-electron chi connectivity index (χ4n) is 2.15. The lowest BCUT2D eigenvalue weighted by Crippen LogP contribution is -2.37. The van der Waals surface area contributed by atoms with Crippen LogP contribution in [0.15, 0.2) is 18.2 Å². The van der Waals surface area contributed by atoms with Crippen LogP contribution in [0.5, 0.6) is 0 Å². The summed E-state index contributed by atoms with van der Waals surface area (Å²) in [7, 11) is 0. The van der Waals surface area contributed by atoms with Crippen molar-refractivity contribution >= 4 is 39.9 Å². The molecule has 1 heterocycles. The SMILES string of the molecule is CC1(C(N)=O)CCN(c2ccc(N)cc2I)C1. The molecule has 5 heteroatoms. The highest BCUT2D eigenvalue weighted by Crippen LogP contribution is 2.35. The average Bonchev–Trinajstić information content (AvgIpc) is 2.62. The number of halogens is 1. The Bertz CT molecular complexity index is 463. The molecule has 4 N–H and O–H groups in total. The molecule has 1 aliphatic rings. The fourth-order valence-corrected chi connectivity index (χ4v) is 3.03. The van der Waals surface area contributed by atoms with E-state index < -0.39 is 5.41 Å². The van der Waals surface area contributed by atoms with Crippen molar-refractivity contribution in [1.29, 1.82) is 0 Å². The lowest BCUT2D eigenvalue weighted by molar-refractivity contribution is -0.125. The second-order valence-electron chi connectivity index (χ2n) is 4.81. The molecule has 4 nitrogen and oxygen atoms in total. The quantitative estimate of drug-likeness (QED) is 0.631. The molecule has 1 unspecified atom stereocenters. The molecule has 0 spiro atoms. The number of primary amides is 1. The van der Waals surface area contributed by atoms with Crippen LogP contribution in [0.4, 0.5) is 11.4 Å². The second kappa shape index (κ2) is 4.36. The minimum atomic E-state index is -0.412. The second-order valence-corrected chi connectivity index (χ2v) is 5.97.